The van der Waals surface area contributed by atoms with Crippen molar-refractivity contribution in [2.24, 2.45) is 0 Å². The lowest BCUT2D eigenvalue weighted by Gasteiger charge is -2.01. The molecular weight excluding hydrogens is 248 g/mol. The molecule has 2 rings (SSSR count). The van der Waals surface area contributed by atoms with Gasteiger partial charge in [0.25, 0.3) is 0 Å². The van der Waals surface area contributed by atoms with Crippen molar-refractivity contribution in [3.63, 3.8) is 0 Å². The van der Waals surface area contributed by atoms with E-state index in [4.69, 9.17) is 0 Å². The molecule has 20 heavy (non-hydrogen) atoms. The van der Waals surface area contributed by atoms with E-state index in [0.717, 1.165) is 12.8 Å². The first-order valence-electron chi connectivity index (χ1n) is 7.06. The third kappa shape index (κ3) is 3.53. The molecule has 0 heterocycles. The van der Waals surface area contributed by atoms with Crippen molar-refractivity contribution in [1.82, 2.24) is 0 Å². The van der Waals surface area contributed by atoms with Gasteiger partial charge in [0.05, 0.1) is 0 Å². The maximum atomic E-state index is 11.2. The summed E-state index contributed by atoms with van der Waals surface area (Å²) in [6.07, 6.45) is 2.69. The molecule has 0 aliphatic heterocycles. The summed E-state index contributed by atoms with van der Waals surface area (Å²) in [6.45, 7) is 3.25. The SMILES string of the molecule is CC(=O)CCc1cc(CCC(C)=O)c2cccccc1-2. The highest BCUT2D eigenvalue weighted by molar-refractivity contribution is 5.80. The van der Waals surface area contributed by atoms with E-state index < -0.39 is 0 Å². The molecule has 0 unspecified atom stereocenters. The number of Topliss-reactive ketones (excluding diaryl/α,β-unsaturated/α-hetero) is 2. The zero-order valence-electron chi connectivity index (χ0n) is 12.1. The van der Waals surface area contributed by atoms with Crippen molar-refractivity contribution >= 4 is 11.6 Å². The third-order valence-electron chi connectivity index (χ3n) is 3.57. The largest absolute Gasteiger partial charge is 0.300 e. The molecule has 0 radical (unpaired) electrons. The molecule has 0 spiro atoms. The van der Waals surface area contributed by atoms with E-state index in [2.05, 4.69) is 18.2 Å². The Morgan fingerprint density at radius 1 is 0.800 bits per heavy atom. The Morgan fingerprint density at radius 3 is 1.65 bits per heavy atom. The Balaban J connectivity index is 2.33. The number of carbonyl (C=O) groups is 2. The maximum Gasteiger partial charge on any atom is 0.130 e. The lowest BCUT2D eigenvalue weighted by Crippen LogP contribution is -1.93. The van der Waals surface area contributed by atoms with Gasteiger partial charge < -0.3 is 9.59 Å². The predicted molar refractivity (Wildman–Crippen MR) is 81.1 cm³/mol. The highest BCUT2D eigenvalue weighted by Crippen LogP contribution is 2.33. The van der Waals surface area contributed by atoms with E-state index in [1.807, 2.05) is 18.2 Å². The Labute approximate surface area is 120 Å². The average Bonchev–Trinajstić information content (AvgIpc) is 2.57. The molecule has 2 heteroatoms. The number of hydrogen-bond acceptors (Lipinski definition) is 2. The standard InChI is InChI=1S/C18H20O2/c1-13(19)8-10-15-12-16(11-9-14(2)20)18-7-5-3-4-6-17(15)18/h3-7,12H,8-11H2,1-2H3. The molecule has 0 saturated heterocycles. The zero-order chi connectivity index (χ0) is 14.5. The molecule has 0 aromatic carbocycles. The smallest absolute Gasteiger partial charge is 0.130 e. The van der Waals surface area contributed by atoms with Gasteiger partial charge >= 0.3 is 0 Å². The van der Waals surface area contributed by atoms with Crippen molar-refractivity contribution in [3.05, 3.63) is 47.5 Å². The quantitative estimate of drug-likeness (QED) is 0.797. The summed E-state index contributed by atoms with van der Waals surface area (Å²) >= 11 is 0. The fraction of sp³-hybridized carbons (Fsp3) is 0.333. The minimum Gasteiger partial charge on any atom is -0.300 e. The van der Waals surface area contributed by atoms with Crippen LogP contribution in [-0.2, 0) is 22.4 Å². The number of rotatable bonds is 6. The van der Waals surface area contributed by atoms with Gasteiger partial charge in [-0.2, -0.15) is 0 Å². The minimum atomic E-state index is 0.213. The van der Waals surface area contributed by atoms with Gasteiger partial charge in [-0.1, -0.05) is 36.4 Å². The van der Waals surface area contributed by atoms with Crippen LogP contribution in [0.3, 0.4) is 0 Å². The highest BCUT2D eigenvalue weighted by Gasteiger charge is 2.15. The first kappa shape index (κ1) is 14.4. The summed E-state index contributed by atoms with van der Waals surface area (Å²) in [7, 11) is 0. The van der Waals surface area contributed by atoms with Gasteiger partial charge in [0.2, 0.25) is 0 Å². The second-order valence-electron chi connectivity index (χ2n) is 5.34. The van der Waals surface area contributed by atoms with Crippen LogP contribution in [0.4, 0.5) is 0 Å². The van der Waals surface area contributed by atoms with Crippen LogP contribution in [0, 0.1) is 0 Å². The van der Waals surface area contributed by atoms with Gasteiger partial charge in [-0.15, -0.1) is 0 Å². The molecule has 0 fully saturated rings. The van der Waals surface area contributed by atoms with E-state index in [-0.39, 0.29) is 11.6 Å². The van der Waals surface area contributed by atoms with Crippen molar-refractivity contribution in [3.8, 4) is 11.1 Å². The number of ketones is 2. The van der Waals surface area contributed by atoms with Crippen LogP contribution in [0.25, 0.3) is 11.1 Å². The number of carbonyl (C=O) groups excluding carboxylic acids is 2. The van der Waals surface area contributed by atoms with Crippen LogP contribution in [0.5, 0.6) is 0 Å². The van der Waals surface area contributed by atoms with E-state index in [0.29, 0.717) is 12.8 Å². The van der Waals surface area contributed by atoms with Gasteiger partial charge in [-0.3, -0.25) is 0 Å². The molecule has 0 bridgehead atoms. The van der Waals surface area contributed by atoms with Crippen LogP contribution in [0.2, 0.25) is 0 Å². The summed E-state index contributed by atoms with van der Waals surface area (Å²) in [4.78, 5) is 22.4. The molecule has 0 aromatic rings. The van der Waals surface area contributed by atoms with Gasteiger partial charge in [0.15, 0.2) is 0 Å². The molecule has 0 atom stereocenters. The van der Waals surface area contributed by atoms with Gasteiger partial charge in [0.1, 0.15) is 11.6 Å². The average molecular weight is 268 g/mol. The summed E-state index contributed by atoms with van der Waals surface area (Å²) in [6, 6.07) is 12.4. The second kappa shape index (κ2) is 6.47. The molecule has 104 valence electrons. The van der Waals surface area contributed by atoms with Gasteiger partial charge in [-0.05, 0) is 48.9 Å². The highest BCUT2D eigenvalue weighted by atomic mass is 16.1. The molecule has 0 saturated carbocycles. The topological polar surface area (TPSA) is 34.1 Å². The lowest BCUT2D eigenvalue weighted by molar-refractivity contribution is -0.117. The molecule has 0 amide bonds. The van der Waals surface area contributed by atoms with E-state index in [1.54, 1.807) is 13.8 Å². The van der Waals surface area contributed by atoms with Gasteiger partial charge in [-0.25, -0.2) is 0 Å². The lowest BCUT2D eigenvalue weighted by atomic mass is 10.0. The molecule has 0 N–H and O–H groups in total. The van der Waals surface area contributed by atoms with Crippen LogP contribution in [0.15, 0.2) is 36.4 Å². The fourth-order valence-corrected chi connectivity index (χ4v) is 2.51. The summed E-state index contributed by atoms with van der Waals surface area (Å²) in [5.74, 6) is 0.426. The fourth-order valence-electron chi connectivity index (χ4n) is 2.51. The Morgan fingerprint density at radius 2 is 1.25 bits per heavy atom. The predicted octanol–water partition coefficient (Wildman–Crippen LogP) is 3.83. The Hall–Kier alpha value is -1.96. The minimum absolute atomic E-state index is 0.213. The molecule has 0 aromatic heterocycles. The number of aryl methyl sites for hydroxylation is 2. The monoisotopic (exact) mass is 268 g/mol. The summed E-state index contributed by atoms with van der Waals surface area (Å²) in [5.41, 5.74) is 4.83. The van der Waals surface area contributed by atoms with Crippen molar-refractivity contribution in [1.29, 1.82) is 0 Å². The first-order valence-corrected chi connectivity index (χ1v) is 7.06. The maximum absolute atomic E-state index is 11.2. The van der Waals surface area contributed by atoms with Gasteiger partial charge in [0, 0.05) is 12.8 Å². The Kier molecular flexibility index (Phi) is 4.67. The van der Waals surface area contributed by atoms with Crippen molar-refractivity contribution in [2.45, 2.75) is 39.5 Å². The van der Waals surface area contributed by atoms with Crippen molar-refractivity contribution < 1.29 is 9.59 Å². The van der Waals surface area contributed by atoms with Crippen LogP contribution in [0.1, 0.15) is 37.8 Å². The second-order valence-corrected chi connectivity index (χ2v) is 5.34. The van der Waals surface area contributed by atoms with Crippen LogP contribution in [-0.4, -0.2) is 11.6 Å². The van der Waals surface area contributed by atoms with Crippen LogP contribution < -0.4 is 0 Å². The van der Waals surface area contributed by atoms with Crippen molar-refractivity contribution in [2.75, 3.05) is 0 Å². The molecular formula is C18H20O2. The normalized spacial score (nSPS) is 10.7. The Bertz CT molecular complexity index is 549. The molecule has 2 nitrogen and oxygen atoms in total. The summed E-state index contributed by atoms with van der Waals surface area (Å²) in [5, 5.41) is 0. The van der Waals surface area contributed by atoms with E-state index in [1.165, 1.54) is 22.3 Å². The number of hydrogen-bond donors (Lipinski definition) is 0. The number of fused-ring (bicyclic) bond motifs is 1. The third-order valence-corrected chi connectivity index (χ3v) is 3.57. The zero-order valence-corrected chi connectivity index (χ0v) is 12.1. The first-order chi connectivity index (χ1) is 9.58. The molecule has 2 aliphatic rings. The molecule has 2 aliphatic carbocycles. The van der Waals surface area contributed by atoms with E-state index >= 15 is 0 Å². The van der Waals surface area contributed by atoms with Crippen LogP contribution >= 0.6 is 0 Å². The van der Waals surface area contributed by atoms with E-state index in [9.17, 15) is 9.59 Å². The summed E-state index contributed by atoms with van der Waals surface area (Å²) < 4.78 is 0.